The van der Waals surface area contributed by atoms with Crippen LogP contribution in [0.4, 0.5) is 16.2 Å². The molecule has 0 bridgehead atoms. The molecule has 3 N–H and O–H groups in total. The lowest BCUT2D eigenvalue weighted by molar-refractivity contribution is -0.141. The first kappa shape index (κ1) is 19.0. The third kappa shape index (κ3) is 5.35. The Balaban J connectivity index is 1.68. The summed E-state index contributed by atoms with van der Waals surface area (Å²) in [5.74, 6) is -0.614. The van der Waals surface area contributed by atoms with Gasteiger partial charge in [-0.3, -0.25) is 9.59 Å². The van der Waals surface area contributed by atoms with Crippen molar-refractivity contribution in [3.8, 4) is 0 Å². The second-order valence-corrected chi connectivity index (χ2v) is 6.79. The molecule has 2 aliphatic rings. The molecule has 1 aliphatic carbocycles. The number of urea groups is 1. The van der Waals surface area contributed by atoms with Gasteiger partial charge in [-0.25, -0.2) is 4.79 Å². The van der Waals surface area contributed by atoms with Gasteiger partial charge in [0.05, 0.1) is 12.2 Å². The van der Waals surface area contributed by atoms with E-state index < -0.39 is 12.0 Å². The maximum atomic E-state index is 12.7. The number of hydrogen-bond acceptors (Lipinski definition) is 5. The zero-order chi connectivity index (χ0) is 19.2. The number of anilines is 2. The molecule has 8 heteroatoms. The van der Waals surface area contributed by atoms with Crippen molar-refractivity contribution in [2.24, 2.45) is 0 Å². The van der Waals surface area contributed by atoms with Gasteiger partial charge in [0.25, 0.3) is 5.91 Å². The molecule has 1 aromatic rings. The van der Waals surface area contributed by atoms with Crippen molar-refractivity contribution >= 4 is 29.3 Å². The van der Waals surface area contributed by atoms with E-state index in [1.54, 1.807) is 19.1 Å². The summed E-state index contributed by atoms with van der Waals surface area (Å²) < 4.78 is 4.77. The molecule has 27 heavy (non-hydrogen) atoms. The Bertz CT molecular complexity index is 712. The molecule has 8 nitrogen and oxygen atoms in total. The van der Waals surface area contributed by atoms with E-state index in [2.05, 4.69) is 20.9 Å². The van der Waals surface area contributed by atoms with Gasteiger partial charge in [0, 0.05) is 30.5 Å². The molecule has 0 spiro atoms. The summed E-state index contributed by atoms with van der Waals surface area (Å²) in [6.07, 6.45) is 4.25. The summed E-state index contributed by atoms with van der Waals surface area (Å²) in [5.41, 5.74) is 1.95. The number of ether oxygens (including phenoxy) is 1. The summed E-state index contributed by atoms with van der Waals surface area (Å²) in [6, 6.07) is 5.06. The number of carbonyl (C=O) groups excluding carboxylic acids is 3. The smallest absolute Gasteiger partial charge is 0.325 e. The van der Waals surface area contributed by atoms with Gasteiger partial charge in [-0.15, -0.1) is 0 Å². The second kappa shape index (κ2) is 8.75. The highest BCUT2D eigenvalue weighted by molar-refractivity contribution is 6.02. The first-order valence-corrected chi connectivity index (χ1v) is 9.47. The highest BCUT2D eigenvalue weighted by atomic mass is 16.5. The van der Waals surface area contributed by atoms with E-state index in [1.807, 2.05) is 6.07 Å². The maximum absolute atomic E-state index is 12.7. The topological polar surface area (TPSA) is 99.8 Å². The number of nitrogens with one attached hydrogen (secondary N) is 3. The number of nitrogens with zero attached hydrogens (tertiary/aromatic N) is 1. The van der Waals surface area contributed by atoms with Crippen LogP contribution < -0.4 is 20.9 Å². The fourth-order valence-corrected chi connectivity index (χ4v) is 3.06. The van der Waals surface area contributed by atoms with E-state index in [9.17, 15) is 14.4 Å². The molecule has 1 saturated heterocycles. The van der Waals surface area contributed by atoms with Crippen LogP contribution in [-0.4, -0.2) is 50.2 Å². The number of amides is 3. The Morgan fingerprint density at radius 1 is 1.19 bits per heavy atom. The van der Waals surface area contributed by atoms with Gasteiger partial charge < -0.3 is 25.6 Å². The summed E-state index contributed by atoms with van der Waals surface area (Å²) in [4.78, 5) is 38.2. The van der Waals surface area contributed by atoms with Crippen molar-refractivity contribution in [3.05, 3.63) is 23.8 Å². The molecule has 1 saturated carbocycles. The van der Waals surface area contributed by atoms with E-state index in [4.69, 9.17) is 4.74 Å². The predicted molar refractivity (Wildman–Crippen MR) is 102 cm³/mol. The van der Waals surface area contributed by atoms with Gasteiger partial charge in [0.1, 0.15) is 6.54 Å². The number of benzene rings is 1. The molecule has 2 fully saturated rings. The van der Waals surface area contributed by atoms with E-state index >= 15 is 0 Å². The average Bonchev–Trinajstić information content (AvgIpc) is 3.29. The van der Waals surface area contributed by atoms with Gasteiger partial charge in [0.15, 0.2) is 0 Å². The highest BCUT2D eigenvalue weighted by Crippen LogP contribution is 2.29. The minimum Gasteiger partial charge on any atom is -0.465 e. The van der Waals surface area contributed by atoms with Crippen LogP contribution in [0.5, 0.6) is 0 Å². The molecular weight excluding hydrogens is 348 g/mol. The molecular formula is C19H26N4O4. The standard InChI is InChI=1S/C19H26N4O4/c1-2-27-17(24)12-20-19(26)22-14-7-8-16(23-9-3-4-10-23)15(11-14)18(25)21-13-5-6-13/h7-8,11,13H,2-6,9-10,12H2,1H3,(H,21,25)(H2,20,22,26). The van der Waals surface area contributed by atoms with E-state index in [-0.39, 0.29) is 25.1 Å². The van der Waals surface area contributed by atoms with Crippen LogP contribution in [0.1, 0.15) is 43.0 Å². The fourth-order valence-electron chi connectivity index (χ4n) is 3.06. The zero-order valence-corrected chi connectivity index (χ0v) is 15.5. The van der Waals surface area contributed by atoms with Crippen LogP contribution in [-0.2, 0) is 9.53 Å². The van der Waals surface area contributed by atoms with Gasteiger partial charge in [-0.2, -0.15) is 0 Å². The molecule has 3 amide bonds. The van der Waals surface area contributed by atoms with Crippen molar-refractivity contribution in [2.45, 2.75) is 38.6 Å². The van der Waals surface area contributed by atoms with E-state index in [0.717, 1.165) is 44.5 Å². The van der Waals surface area contributed by atoms with Crippen LogP contribution >= 0.6 is 0 Å². The van der Waals surface area contributed by atoms with Crippen LogP contribution in [0.3, 0.4) is 0 Å². The van der Waals surface area contributed by atoms with E-state index in [1.165, 1.54) is 0 Å². The summed E-state index contributed by atoms with van der Waals surface area (Å²) in [5, 5.41) is 8.12. The molecule has 0 aromatic heterocycles. The predicted octanol–water partition coefficient (Wildman–Crippen LogP) is 1.86. The van der Waals surface area contributed by atoms with Crippen molar-refractivity contribution in [1.82, 2.24) is 10.6 Å². The van der Waals surface area contributed by atoms with E-state index in [0.29, 0.717) is 11.3 Å². The Kier molecular flexibility index (Phi) is 6.16. The van der Waals surface area contributed by atoms with Gasteiger partial charge >= 0.3 is 12.0 Å². The minimum absolute atomic E-state index is 0.116. The van der Waals surface area contributed by atoms with Gasteiger partial charge in [-0.05, 0) is 50.8 Å². The monoisotopic (exact) mass is 374 g/mol. The molecule has 0 atom stereocenters. The molecule has 1 aromatic carbocycles. The number of rotatable bonds is 7. The van der Waals surface area contributed by atoms with Crippen LogP contribution in [0.2, 0.25) is 0 Å². The fraction of sp³-hybridized carbons (Fsp3) is 0.526. The molecule has 3 rings (SSSR count). The van der Waals surface area contributed by atoms with Crippen molar-refractivity contribution in [3.63, 3.8) is 0 Å². The minimum atomic E-state index is -0.523. The molecule has 0 radical (unpaired) electrons. The van der Waals surface area contributed by atoms with Gasteiger partial charge in [0.2, 0.25) is 0 Å². The first-order chi connectivity index (χ1) is 13.1. The lowest BCUT2D eigenvalue weighted by Crippen LogP contribution is -2.34. The lowest BCUT2D eigenvalue weighted by atomic mass is 10.1. The van der Waals surface area contributed by atoms with Crippen molar-refractivity contribution in [2.75, 3.05) is 36.5 Å². The second-order valence-electron chi connectivity index (χ2n) is 6.79. The van der Waals surface area contributed by atoms with Crippen molar-refractivity contribution < 1.29 is 19.1 Å². The molecule has 1 aliphatic heterocycles. The third-order valence-electron chi connectivity index (χ3n) is 4.56. The van der Waals surface area contributed by atoms with Crippen LogP contribution in [0.15, 0.2) is 18.2 Å². The Morgan fingerprint density at radius 3 is 2.59 bits per heavy atom. The maximum Gasteiger partial charge on any atom is 0.325 e. The Hall–Kier alpha value is -2.77. The normalized spacial score (nSPS) is 16.0. The van der Waals surface area contributed by atoms with Crippen LogP contribution in [0, 0.1) is 0 Å². The van der Waals surface area contributed by atoms with Crippen LogP contribution in [0.25, 0.3) is 0 Å². The third-order valence-corrected chi connectivity index (χ3v) is 4.56. The SMILES string of the molecule is CCOC(=O)CNC(=O)Nc1ccc(N2CCCC2)c(C(=O)NC2CC2)c1. The Morgan fingerprint density at radius 2 is 1.93 bits per heavy atom. The largest absolute Gasteiger partial charge is 0.465 e. The highest BCUT2D eigenvalue weighted by Gasteiger charge is 2.26. The number of esters is 1. The average molecular weight is 374 g/mol. The Labute approximate surface area is 158 Å². The molecule has 1 heterocycles. The van der Waals surface area contributed by atoms with Gasteiger partial charge in [-0.1, -0.05) is 0 Å². The lowest BCUT2D eigenvalue weighted by Gasteiger charge is -2.22. The number of hydrogen-bond donors (Lipinski definition) is 3. The number of carbonyl (C=O) groups is 3. The first-order valence-electron chi connectivity index (χ1n) is 9.47. The van der Waals surface area contributed by atoms with Crippen molar-refractivity contribution in [1.29, 1.82) is 0 Å². The summed E-state index contributed by atoms with van der Waals surface area (Å²) in [6.45, 7) is 3.61. The molecule has 146 valence electrons. The zero-order valence-electron chi connectivity index (χ0n) is 15.5. The summed E-state index contributed by atoms with van der Waals surface area (Å²) in [7, 11) is 0. The summed E-state index contributed by atoms with van der Waals surface area (Å²) >= 11 is 0. The molecule has 0 unspecified atom stereocenters. The quantitative estimate of drug-likeness (QED) is 0.633.